The van der Waals surface area contributed by atoms with Gasteiger partial charge in [-0.15, -0.1) is 9.79 Å². The summed E-state index contributed by atoms with van der Waals surface area (Å²) in [5, 5.41) is 0. The predicted molar refractivity (Wildman–Crippen MR) is 86.3 cm³/mol. The van der Waals surface area contributed by atoms with E-state index in [1.807, 2.05) is 0 Å². The lowest BCUT2D eigenvalue weighted by atomic mass is 11.8. The first-order valence-corrected chi connectivity index (χ1v) is 17.3. The quantitative estimate of drug-likeness (QED) is 0.534. The van der Waals surface area contributed by atoms with Crippen molar-refractivity contribution in [2.75, 3.05) is 0 Å². The van der Waals surface area contributed by atoms with E-state index in [0.717, 1.165) is 0 Å². The van der Waals surface area contributed by atoms with Gasteiger partial charge in [0.1, 0.15) is 0 Å². The molecule has 0 atom stereocenters. The van der Waals surface area contributed by atoms with Crippen molar-refractivity contribution in [2.45, 2.75) is 58.9 Å². The first-order valence-electron chi connectivity index (χ1n) is 5.78. The minimum absolute atomic E-state index is 0.139. The molecule has 0 saturated heterocycles. The zero-order chi connectivity index (χ0) is 14.3. The van der Waals surface area contributed by atoms with Crippen LogP contribution in [-0.4, -0.2) is 36.2 Å². The molecule has 0 aromatic carbocycles. The molecular weight excluding hydrogens is 271 g/mol. The normalized spacial score (nSPS) is 8.38. The molecule has 0 radical (unpaired) electrons. The maximum absolute atomic E-state index is 8.70. The molecule has 2 N–H and O–H groups in total. The van der Waals surface area contributed by atoms with Gasteiger partial charge < -0.3 is 0 Å². The third-order valence-corrected chi connectivity index (χ3v) is 0. The Bertz CT molecular complexity index is 107. The molecule has 0 fully saturated rings. The van der Waals surface area contributed by atoms with Gasteiger partial charge in [-0.1, -0.05) is 58.9 Å². The summed E-state index contributed by atoms with van der Waals surface area (Å²) in [6.07, 6.45) is 0. The lowest BCUT2D eigenvalue weighted by molar-refractivity contribution is 0.405. The molecule has 0 saturated carbocycles. The van der Waals surface area contributed by atoms with Crippen molar-refractivity contribution in [1.82, 2.24) is 0 Å². The minimum atomic E-state index is -2.87. The van der Waals surface area contributed by atoms with Gasteiger partial charge in [0.15, 0.2) is 0 Å². The molecule has 0 aliphatic carbocycles. The molecule has 16 heavy (non-hydrogen) atoms. The Balaban J connectivity index is -0.0000000600. The van der Waals surface area contributed by atoms with Crippen molar-refractivity contribution in [2.24, 2.45) is 0 Å². The molecule has 0 aliphatic rings. The zero-order valence-corrected chi connectivity index (χ0v) is 16.8. The van der Waals surface area contributed by atoms with Crippen LogP contribution in [-0.2, 0) is 4.57 Å². The van der Waals surface area contributed by atoms with Gasteiger partial charge in [-0.2, -0.15) is 0 Å². The van der Waals surface area contributed by atoms with Gasteiger partial charge in [0.05, 0.1) is 0 Å². The van der Waals surface area contributed by atoms with Crippen LogP contribution in [0.4, 0.5) is 0 Å². The Kier molecular flexibility index (Phi) is 33.5. The van der Waals surface area contributed by atoms with Crippen molar-refractivity contribution in [3.8, 4) is 0 Å². The third-order valence-electron chi connectivity index (χ3n) is 0. The van der Waals surface area contributed by atoms with Crippen LogP contribution in [0.2, 0.25) is 58.9 Å². The third kappa shape index (κ3) is 6100. The largest absolute Gasteiger partial charge is 0.692 e. The van der Waals surface area contributed by atoms with Gasteiger partial charge in [0, 0.05) is 31.0 Å². The van der Waals surface area contributed by atoms with Crippen LogP contribution < -0.4 is 0 Å². The molecular formula is C9H32O3PSi3+. The van der Waals surface area contributed by atoms with Crippen LogP contribution in [0.25, 0.3) is 0 Å². The lowest BCUT2D eigenvalue weighted by Crippen LogP contribution is -1.84. The fourth-order valence-corrected chi connectivity index (χ4v) is 0. The molecule has 7 heteroatoms. The van der Waals surface area contributed by atoms with Gasteiger partial charge in [-0.3, -0.25) is 0 Å². The molecule has 0 aromatic heterocycles. The van der Waals surface area contributed by atoms with Crippen molar-refractivity contribution >= 4 is 34.6 Å². The van der Waals surface area contributed by atoms with Crippen molar-refractivity contribution < 1.29 is 14.4 Å². The molecule has 0 unspecified atom stereocenters. The number of hydrogen-bond donors (Lipinski definition) is 2. The van der Waals surface area contributed by atoms with E-state index >= 15 is 0 Å². The highest BCUT2D eigenvalue weighted by Gasteiger charge is 1.93. The molecule has 0 bridgehead atoms. The van der Waals surface area contributed by atoms with Crippen molar-refractivity contribution in [1.29, 1.82) is 0 Å². The molecule has 0 heterocycles. The van der Waals surface area contributed by atoms with Crippen LogP contribution in [0.3, 0.4) is 0 Å². The van der Waals surface area contributed by atoms with Gasteiger partial charge in [-0.05, 0) is 0 Å². The number of hydrogen-bond acceptors (Lipinski definition) is 1. The Hall–Kier alpha value is 0.671. The summed E-state index contributed by atoms with van der Waals surface area (Å²) in [5.41, 5.74) is 0. The summed E-state index contributed by atoms with van der Waals surface area (Å²) < 4.78 is 8.70. The highest BCUT2D eigenvalue weighted by Crippen LogP contribution is 1.98. The monoisotopic (exact) mass is 303 g/mol. The Labute approximate surface area is 108 Å². The summed E-state index contributed by atoms with van der Waals surface area (Å²) >= 11 is 0. The summed E-state index contributed by atoms with van der Waals surface area (Å²) in [7, 11) is -3.29. The van der Waals surface area contributed by atoms with Crippen molar-refractivity contribution in [3.63, 3.8) is 0 Å². The van der Waals surface area contributed by atoms with Gasteiger partial charge in [0.2, 0.25) is 0 Å². The summed E-state index contributed by atoms with van der Waals surface area (Å²) in [6.45, 7) is 20.8. The Morgan fingerprint density at radius 2 is 0.625 bits per heavy atom. The second-order valence-corrected chi connectivity index (χ2v) is 16.3. The van der Waals surface area contributed by atoms with Gasteiger partial charge in [-0.25, -0.2) is 0 Å². The Morgan fingerprint density at radius 1 is 0.625 bits per heavy atom. The SMILES string of the molecule is C[SiH](C)C.C[SiH](C)C.C[SiH](C)C.O=[P+](O)O. The van der Waals surface area contributed by atoms with E-state index in [2.05, 4.69) is 58.9 Å². The average molecular weight is 304 g/mol. The topological polar surface area (TPSA) is 57.5 Å². The minimum Gasteiger partial charge on any atom is -0.134 e. The smallest absolute Gasteiger partial charge is 0.134 e. The first kappa shape index (κ1) is 25.5. The standard InChI is InChI=1S/3C3H10Si.HO3P/c4*1-4(2)3/h3*4H,1-3H3;(H-,1,2,3)/p+1. The first-order chi connectivity index (χ1) is 6.93. The van der Waals surface area contributed by atoms with E-state index in [4.69, 9.17) is 14.4 Å². The second-order valence-electron chi connectivity index (χ2n) is 5.45. The van der Waals surface area contributed by atoms with Crippen LogP contribution in [0.15, 0.2) is 0 Å². The highest BCUT2D eigenvalue weighted by molar-refractivity contribution is 7.30. The zero-order valence-electron chi connectivity index (χ0n) is 12.5. The summed E-state index contributed by atoms with van der Waals surface area (Å²) in [4.78, 5) is 14.2. The Morgan fingerprint density at radius 3 is 0.625 bits per heavy atom. The fourth-order valence-electron chi connectivity index (χ4n) is 0. The van der Waals surface area contributed by atoms with E-state index < -0.39 is 8.25 Å². The summed E-state index contributed by atoms with van der Waals surface area (Å²) in [6, 6.07) is 0. The van der Waals surface area contributed by atoms with Gasteiger partial charge >= 0.3 is 8.25 Å². The van der Waals surface area contributed by atoms with E-state index in [-0.39, 0.29) is 26.4 Å². The van der Waals surface area contributed by atoms with Crippen LogP contribution in [0, 0.1) is 0 Å². The molecule has 3 nitrogen and oxygen atoms in total. The maximum Gasteiger partial charge on any atom is 0.692 e. The molecule has 0 amide bonds. The molecule has 0 spiro atoms. The van der Waals surface area contributed by atoms with Crippen LogP contribution in [0.1, 0.15) is 0 Å². The van der Waals surface area contributed by atoms with E-state index in [9.17, 15) is 0 Å². The molecule has 0 aliphatic heterocycles. The molecule has 0 rings (SSSR count). The van der Waals surface area contributed by atoms with E-state index in [1.54, 1.807) is 0 Å². The van der Waals surface area contributed by atoms with E-state index in [0.29, 0.717) is 0 Å². The van der Waals surface area contributed by atoms with Crippen molar-refractivity contribution in [3.05, 3.63) is 0 Å². The van der Waals surface area contributed by atoms with Crippen LogP contribution >= 0.6 is 8.25 Å². The van der Waals surface area contributed by atoms with Gasteiger partial charge in [0.25, 0.3) is 0 Å². The fraction of sp³-hybridized carbons (Fsp3) is 1.00. The highest BCUT2D eigenvalue weighted by atomic mass is 31.1. The maximum atomic E-state index is 8.70. The molecule has 0 aromatic rings. The predicted octanol–water partition coefficient (Wildman–Crippen LogP) is 2.94. The van der Waals surface area contributed by atoms with E-state index in [1.165, 1.54) is 0 Å². The lowest BCUT2D eigenvalue weighted by Gasteiger charge is -1.75. The number of rotatable bonds is 0. The van der Waals surface area contributed by atoms with Crippen LogP contribution in [0.5, 0.6) is 0 Å². The average Bonchev–Trinajstić information content (AvgIpc) is 1.76. The second kappa shape index (κ2) is 21.0. The summed E-state index contributed by atoms with van der Waals surface area (Å²) in [5.74, 6) is 0. The molecule has 102 valence electrons.